The highest BCUT2D eigenvalue weighted by molar-refractivity contribution is 7.09. The van der Waals surface area contributed by atoms with E-state index in [4.69, 9.17) is 5.73 Å². The summed E-state index contributed by atoms with van der Waals surface area (Å²) in [6.45, 7) is 2.78. The SMILES string of the molecule is CCc1nc(CCNC(=O)C2CCC(N)C2)cs1.Cl.Cl. The number of carbonyl (C=O) groups excluding carboxylic acids is 1. The number of amides is 1. The van der Waals surface area contributed by atoms with Gasteiger partial charge in [0.25, 0.3) is 0 Å². The number of carbonyl (C=O) groups is 1. The van der Waals surface area contributed by atoms with E-state index in [9.17, 15) is 4.79 Å². The van der Waals surface area contributed by atoms with E-state index < -0.39 is 0 Å². The van der Waals surface area contributed by atoms with Crippen LogP contribution in [0.2, 0.25) is 0 Å². The average Bonchev–Trinajstić information content (AvgIpc) is 2.98. The summed E-state index contributed by atoms with van der Waals surface area (Å²) in [5.41, 5.74) is 6.90. The Kier molecular flexibility index (Phi) is 9.38. The summed E-state index contributed by atoms with van der Waals surface area (Å²) >= 11 is 1.69. The fraction of sp³-hybridized carbons (Fsp3) is 0.692. The van der Waals surface area contributed by atoms with Crippen molar-refractivity contribution in [2.75, 3.05) is 6.54 Å². The van der Waals surface area contributed by atoms with Crippen LogP contribution in [0.25, 0.3) is 0 Å². The zero-order valence-electron chi connectivity index (χ0n) is 11.6. The van der Waals surface area contributed by atoms with E-state index in [1.165, 1.54) is 0 Å². The van der Waals surface area contributed by atoms with Gasteiger partial charge < -0.3 is 11.1 Å². The van der Waals surface area contributed by atoms with Crippen LogP contribution in [0.1, 0.15) is 36.9 Å². The molecule has 1 aromatic heterocycles. The van der Waals surface area contributed by atoms with Crippen molar-refractivity contribution in [1.82, 2.24) is 10.3 Å². The van der Waals surface area contributed by atoms with Crippen molar-refractivity contribution in [3.05, 3.63) is 16.1 Å². The lowest BCUT2D eigenvalue weighted by molar-refractivity contribution is -0.124. The van der Waals surface area contributed by atoms with Gasteiger partial charge in [0.2, 0.25) is 5.91 Å². The number of aryl methyl sites for hydroxylation is 1. The van der Waals surface area contributed by atoms with E-state index in [1.54, 1.807) is 11.3 Å². The monoisotopic (exact) mass is 339 g/mol. The predicted octanol–water partition coefficient (Wildman–Crippen LogP) is 2.34. The lowest BCUT2D eigenvalue weighted by atomic mass is 10.1. The van der Waals surface area contributed by atoms with Crippen molar-refractivity contribution >= 4 is 42.1 Å². The summed E-state index contributed by atoms with van der Waals surface area (Å²) in [7, 11) is 0. The Morgan fingerprint density at radius 2 is 2.25 bits per heavy atom. The third kappa shape index (κ3) is 5.56. The Labute approximate surface area is 136 Å². The average molecular weight is 340 g/mol. The van der Waals surface area contributed by atoms with Crippen LogP contribution in [0, 0.1) is 5.92 Å². The smallest absolute Gasteiger partial charge is 0.223 e. The number of hydrogen-bond donors (Lipinski definition) is 2. The van der Waals surface area contributed by atoms with E-state index in [1.807, 2.05) is 0 Å². The van der Waals surface area contributed by atoms with Crippen molar-refractivity contribution in [2.45, 2.75) is 45.1 Å². The minimum Gasteiger partial charge on any atom is -0.355 e. The highest BCUT2D eigenvalue weighted by Gasteiger charge is 2.27. The van der Waals surface area contributed by atoms with Crippen molar-refractivity contribution in [2.24, 2.45) is 11.7 Å². The third-order valence-corrected chi connectivity index (χ3v) is 4.47. The molecule has 0 saturated heterocycles. The zero-order chi connectivity index (χ0) is 13.0. The van der Waals surface area contributed by atoms with Crippen LogP contribution in [0.3, 0.4) is 0 Å². The number of rotatable bonds is 5. The number of hydrogen-bond acceptors (Lipinski definition) is 4. The summed E-state index contributed by atoms with van der Waals surface area (Å²) in [5, 5.41) is 6.24. The molecule has 2 atom stereocenters. The normalized spacial score (nSPS) is 20.9. The van der Waals surface area contributed by atoms with Gasteiger partial charge in [0.15, 0.2) is 0 Å². The second-order valence-electron chi connectivity index (χ2n) is 4.90. The number of nitrogens with two attached hydrogens (primary N) is 1. The summed E-state index contributed by atoms with van der Waals surface area (Å²) in [6, 6.07) is 0.214. The van der Waals surface area contributed by atoms with Gasteiger partial charge in [-0.05, 0) is 25.7 Å². The molecule has 2 unspecified atom stereocenters. The van der Waals surface area contributed by atoms with Crippen LogP contribution in [0.15, 0.2) is 5.38 Å². The van der Waals surface area contributed by atoms with Crippen LogP contribution in [-0.2, 0) is 17.6 Å². The summed E-state index contributed by atoms with van der Waals surface area (Å²) in [5.74, 6) is 0.288. The Morgan fingerprint density at radius 1 is 1.50 bits per heavy atom. The Morgan fingerprint density at radius 3 is 2.80 bits per heavy atom. The van der Waals surface area contributed by atoms with E-state index in [0.717, 1.165) is 42.8 Å². The van der Waals surface area contributed by atoms with E-state index in [0.29, 0.717) is 6.54 Å². The van der Waals surface area contributed by atoms with Gasteiger partial charge >= 0.3 is 0 Å². The van der Waals surface area contributed by atoms with Crippen LogP contribution in [0.5, 0.6) is 0 Å². The molecule has 3 N–H and O–H groups in total. The fourth-order valence-electron chi connectivity index (χ4n) is 2.34. The predicted molar refractivity (Wildman–Crippen MR) is 88.0 cm³/mol. The second kappa shape index (κ2) is 9.55. The maximum absolute atomic E-state index is 11.9. The van der Waals surface area contributed by atoms with Gasteiger partial charge in [-0.3, -0.25) is 4.79 Å². The molecule has 20 heavy (non-hydrogen) atoms. The molecule has 1 aromatic rings. The van der Waals surface area contributed by atoms with Gasteiger partial charge in [-0.2, -0.15) is 0 Å². The highest BCUT2D eigenvalue weighted by Crippen LogP contribution is 2.23. The molecular formula is C13H23Cl2N3OS. The van der Waals surface area contributed by atoms with Crippen LogP contribution >= 0.6 is 36.2 Å². The molecule has 7 heteroatoms. The molecule has 2 rings (SSSR count). The van der Waals surface area contributed by atoms with E-state index in [-0.39, 0.29) is 42.7 Å². The molecule has 116 valence electrons. The second-order valence-corrected chi connectivity index (χ2v) is 5.84. The first-order chi connectivity index (χ1) is 8.69. The Hall–Kier alpha value is -0.360. The first-order valence-corrected chi connectivity index (χ1v) is 7.53. The molecule has 4 nitrogen and oxygen atoms in total. The molecule has 0 aromatic carbocycles. The number of aromatic nitrogens is 1. The van der Waals surface area contributed by atoms with Crippen molar-refractivity contribution in [3.8, 4) is 0 Å². The molecule has 1 fully saturated rings. The summed E-state index contributed by atoms with van der Waals surface area (Å²) in [6.07, 6.45) is 4.55. The molecule has 1 aliphatic carbocycles. The topological polar surface area (TPSA) is 68.0 Å². The summed E-state index contributed by atoms with van der Waals surface area (Å²) in [4.78, 5) is 16.3. The molecule has 1 saturated carbocycles. The lowest BCUT2D eigenvalue weighted by Crippen LogP contribution is -2.32. The van der Waals surface area contributed by atoms with Crippen LogP contribution < -0.4 is 11.1 Å². The number of nitrogens with one attached hydrogen (secondary N) is 1. The van der Waals surface area contributed by atoms with Gasteiger partial charge in [-0.15, -0.1) is 36.2 Å². The molecule has 1 aliphatic rings. The molecule has 0 bridgehead atoms. The molecule has 1 amide bonds. The Bertz CT molecular complexity index is 414. The van der Waals surface area contributed by atoms with Gasteiger partial charge in [0.1, 0.15) is 0 Å². The first kappa shape index (κ1) is 19.6. The maximum atomic E-state index is 11.9. The van der Waals surface area contributed by atoms with Gasteiger partial charge in [0, 0.05) is 30.3 Å². The Balaban J connectivity index is 0.00000180. The minimum absolute atomic E-state index is 0. The number of halogens is 2. The zero-order valence-corrected chi connectivity index (χ0v) is 14.1. The van der Waals surface area contributed by atoms with Crippen molar-refractivity contribution in [3.63, 3.8) is 0 Å². The lowest BCUT2D eigenvalue weighted by Gasteiger charge is -2.09. The van der Waals surface area contributed by atoms with Crippen LogP contribution in [-0.4, -0.2) is 23.5 Å². The molecule has 0 radical (unpaired) electrons. The summed E-state index contributed by atoms with van der Waals surface area (Å²) < 4.78 is 0. The van der Waals surface area contributed by atoms with Crippen molar-refractivity contribution < 1.29 is 4.79 Å². The molecule has 1 heterocycles. The number of thiazole rings is 1. The van der Waals surface area contributed by atoms with Crippen LogP contribution in [0.4, 0.5) is 0 Å². The minimum atomic E-state index is 0. The standard InChI is InChI=1S/C13H21N3OS.2ClH/c1-2-12-16-11(8-18-12)5-6-15-13(17)9-3-4-10(14)7-9;;/h8-10H,2-7,14H2,1H3,(H,15,17);2*1H. The van der Waals surface area contributed by atoms with E-state index in [2.05, 4.69) is 22.6 Å². The number of nitrogens with zero attached hydrogens (tertiary/aromatic N) is 1. The van der Waals surface area contributed by atoms with Gasteiger partial charge in [-0.25, -0.2) is 4.98 Å². The molecule has 0 spiro atoms. The van der Waals surface area contributed by atoms with Gasteiger partial charge in [-0.1, -0.05) is 6.92 Å². The fourth-order valence-corrected chi connectivity index (χ4v) is 3.12. The highest BCUT2D eigenvalue weighted by atomic mass is 35.5. The third-order valence-electron chi connectivity index (χ3n) is 3.43. The molecular weight excluding hydrogens is 317 g/mol. The maximum Gasteiger partial charge on any atom is 0.223 e. The van der Waals surface area contributed by atoms with Crippen molar-refractivity contribution in [1.29, 1.82) is 0 Å². The largest absolute Gasteiger partial charge is 0.355 e. The van der Waals surface area contributed by atoms with Gasteiger partial charge in [0.05, 0.1) is 10.7 Å². The quantitative estimate of drug-likeness (QED) is 0.864. The first-order valence-electron chi connectivity index (χ1n) is 6.65. The van der Waals surface area contributed by atoms with E-state index >= 15 is 0 Å². The molecule has 0 aliphatic heterocycles.